The number of Topliss-reactive ketones (excluding diaryl/α,β-unsaturated/α-hetero) is 1. The van der Waals surface area contributed by atoms with Gasteiger partial charge in [-0.3, -0.25) is 4.79 Å². The highest BCUT2D eigenvalue weighted by Crippen LogP contribution is 2.10. The third-order valence-electron chi connectivity index (χ3n) is 1.31. The summed E-state index contributed by atoms with van der Waals surface area (Å²) < 4.78 is 32.7. The van der Waals surface area contributed by atoms with Crippen LogP contribution >= 0.6 is 24.2 Å². The van der Waals surface area contributed by atoms with E-state index in [0.717, 1.165) is 0 Å². The quantitative estimate of drug-likeness (QED) is 0.499. The van der Waals surface area contributed by atoms with Gasteiger partial charge >= 0.3 is 0 Å². The van der Waals surface area contributed by atoms with Gasteiger partial charge < -0.3 is 0 Å². The Morgan fingerprint density at radius 3 is 2.00 bits per heavy atom. The second-order valence-electron chi connectivity index (χ2n) is 2.48. The van der Waals surface area contributed by atoms with Crippen molar-refractivity contribution in [2.24, 2.45) is 0 Å². The van der Waals surface area contributed by atoms with Gasteiger partial charge in [-0.15, -0.1) is 0 Å². The molecule has 16 heavy (non-hydrogen) atoms. The molecular formula is C8H8Cl2O5S. The van der Waals surface area contributed by atoms with Crippen molar-refractivity contribution in [3.63, 3.8) is 0 Å². The van der Waals surface area contributed by atoms with Gasteiger partial charge in [-0.2, -0.15) is 26.6 Å². The average molecular weight is 287 g/mol. The minimum Gasteiger partial charge on any atom is -0.293 e. The van der Waals surface area contributed by atoms with Crippen LogP contribution in [0.2, 0.25) is 5.02 Å². The van der Waals surface area contributed by atoms with E-state index in [1.807, 2.05) is 0 Å². The van der Waals surface area contributed by atoms with Crippen molar-refractivity contribution in [2.75, 3.05) is 5.75 Å². The van der Waals surface area contributed by atoms with E-state index in [0.29, 0.717) is 10.6 Å². The van der Waals surface area contributed by atoms with Crippen LogP contribution in [-0.4, -0.2) is 16.2 Å². The smallest absolute Gasteiger partial charge is 0.172 e. The van der Waals surface area contributed by atoms with E-state index in [4.69, 9.17) is 30.2 Å². The predicted octanol–water partition coefficient (Wildman–Crippen LogP) is -1.67. The van der Waals surface area contributed by atoms with Crippen LogP contribution in [0.15, 0.2) is 24.3 Å². The first-order valence-electron chi connectivity index (χ1n) is 3.77. The minimum atomic E-state index is -4.69. The van der Waals surface area contributed by atoms with Gasteiger partial charge in [0.25, 0.3) is 0 Å². The monoisotopic (exact) mass is 286 g/mol. The molecule has 1 rings (SSSR count). The summed E-state index contributed by atoms with van der Waals surface area (Å²) in [5.41, 5.74) is 0.657. The lowest BCUT2D eigenvalue weighted by Gasteiger charge is -2.03. The van der Waals surface area contributed by atoms with Crippen LogP contribution in [0.3, 0.4) is 0 Å². The maximum atomic E-state index is 11.0. The molecule has 0 saturated carbocycles. The Morgan fingerprint density at radius 1 is 1.31 bits per heavy atom. The van der Waals surface area contributed by atoms with Crippen LogP contribution in [0, 0.1) is 10.2 Å². The second-order valence-corrected chi connectivity index (χ2v) is 4.03. The first-order valence-corrected chi connectivity index (χ1v) is 6.04. The van der Waals surface area contributed by atoms with Gasteiger partial charge in [0, 0.05) is 10.6 Å². The lowest BCUT2D eigenvalue weighted by atomic mass is 10.1. The van der Waals surface area contributed by atoms with Crippen molar-refractivity contribution in [3.8, 4) is 0 Å². The van der Waals surface area contributed by atoms with Gasteiger partial charge in [0.1, 0.15) is 0 Å². The maximum absolute atomic E-state index is 11.0. The van der Waals surface area contributed by atoms with Crippen molar-refractivity contribution in [3.05, 3.63) is 34.9 Å². The zero-order valence-electron chi connectivity index (χ0n) is 7.80. The molecule has 0 fully saturated rings. The normalized spacial score (nSPS) is 10.4. The number of ketones is 1. The molecule has 0 aliphatic rings. The fourth-order valence-electron chi connectivity index (χ4n) is 0.727. The summed E-state index contributed by atoms with van der Waals surface area (Å²) >= 11 is 9.50. The van der Waals surface area contributed by atoms with Crippen LogP contribution < -0.4 is 14.0 Å². The summed E-state index contributed by atoms with van der Waals surface area (Å²) in [6, 6.07) is 6.78. The Bertz CT molecular complexity index is 329. The summed E-state index contributed by atoms with van der Waals surface area (Å²) in [5.74, 6) is 0.256. The molecule has 0 unspecified atom stereocenters. The van der Waals surface area contributed by atoms with Gasteiger partial charge in [-0.25, -0.2) is 0 Å². The summed E-state index contributed by atoms with van der Waals surface area (Å²) in [6.07, 6.45) is 0. The molecule has 5 nitrogen and oxygen atoms in total. The third-order valence-corrected chi connectivity index (χ3v) is 1.85. The molecule has 0 spiro atoms. The van der Waals surface area contributed by atoms with Crippen LogP contribution in [0.5, 0.6) is 0 Å². The highest BCUT2D eigenvalue weighted by molar-refractivity contribution is 7.81. The number of carbonyl (C=O) groups excluding carboxylic acids is 1. The van der Waals surface area contributed by atoms with Crippen molar-refractivity contribution in [2.45, 2.75) is 0 Å². The first-order chi connectivity index (χ1) is 7.24. The molecular weight excluding hydrogens is 279 g/mol. The topological polar surface area (TPSA) is 106 Å². The standard InChI is InChI=1S/C8H7ClOS.ClHO4/c9-7-3-1-6(2-4-7)8(10)5-11;2-1(3,4)5/h1-4,11H,5H2;(H,2,3,4,5). The lowest BCUT2D eigenvalue weighted by molar-refractivity contribution is -1.92. The molecule has 0 aliphatic heterocycles. The first kappa shape index (κ1) is 15.7. The highest BCUT2D eigenvalue weighted by Gasteiger charge is 2.01. The number of hydrogen-bond acceptors (Lipinski definition) is 6. The van der Waals surface area contributed by atoms with Crippen LogP contribution in [0.4, 0.5) is 0 Å². The number of hydrogen-bond donors (Lipinski definition) is 2. The van der Waals surface area contributed by atoms with Gasteiger partial charge in [0.15, 0.2) is 5.78 Å². The molecule has 1 N–H and O–H groups in total. The average Bonchev–Trinajstić information content (AvgIpc) is 2.15. The van der Waals surface area contributed by atoms with Crippen LogP contribution in [-0.2, 0) is 0 Å². The van der Waals surface area contributed by atoms with Gasteiger partial charge in [0.2, 0.25) is 0 Å². The number of thiol groups is 1. The van der Waals surface area contributed by atoms with Crippen molar-refractivity contribution in [1.29, 1.82) is 0 Å². The molecule has 1 aromatic rings. The zero-order valence-corrected chi connectivity index (χ0v) is 10.2. The molecule has 0 heterocycles. The largest absolute Gasteiger partial charge is 0.293 e. The number of carbonyl (C=O) groups is 1. The molecule has 0 atom stereocenters. The highest BCUT2D eigenvalue weighted by atomic mass is 35.7. The summed E-state index contributed by atoms with van der Waals surface area (Å²) in [6.45, 7) is 0. The number of rotatable bonds is 2. The Kier molecular flexibility index (Phi) is 6.93. The Hall–Kier alpha value is -0.340. The predicted molar refractivity (Wildman–Crippen MR) is 51.9 cm³/mol. The Balaban J connectivity index is 0.000000385. The molecule has 0 bridgehead atoms. The van der Waals surface area contributed by atoms with E-state index < -0.39 is 10.2 Å². The van der Waals surface area contributed by atoms with Gasteiger partial charge in [0.05, 0.1) is 20.7 Å². The molecule has 1 aromatic carbocycles. The van der Waals surface area contributed by atoms with E-state index >= 15 is 0 Å². The molecule has 8 heteroatoms. The van der Waals surface area contributed by atoms with Gasteiger partial charge in [-0.1, -0.05) is 11.6 Å². The molecule has 90 valence electrons. The Morgan fingerprint density at radius 2 is 1.69 bits per heavy atom. The van der Waals surface area contributed by atoms with Gasteiger partial charge in [-0.05, 0) is 24.3 Å². The van der Waals surface area contributed by atoms with E-state index in [9.17, 15) is 4.79 Å². The summed E-state index contributed by atoms with van der Waals surface area (Å²) in [7, 11) is -4.69. The third kappa shape index (κ3) is 8.93. The SMILES string of the molecule is O=C(CS)c1ccc(Cl)cc1.[O-][Cl+3]([O-])([O-])O. The molecule has 0 saturated heterocycles. The molecule has 0 amide bonds. The second kappa shape index (κ2) is 7.08. The minimum absolute atomic E-state index is 0.0185. The molecule has 0 aliphatic carbocycles. The fraction of sp³-hybridized carbons (Fsp3) is 0.125. The summed E-state index contributed by atoms with van der Waals surface area (Å²) in [5, 5.41) is 0.640. The maximum Gasteiger partial charge on any atom is 0.172 e. The van der Waals surface area contributed by atoms with Crippen molar-refractivity contribution >= 4 is 30.0 Å². The number of halogens is 2. The van der Waals surface area contributed by atoms with E-state index in [-0.39, 0.29) is 11.5 Å². The van der Waals surface area contributed by atoms with E-state index in [2.05, 4.69) is 12.6 Å². The fourth-order valence-corrected chi connectivity index (χ4v) is 1.04. The summed E-state index contributed by atoms with van der Waals surface area (Å²) in [4.78, 5) is 11.0. The lowest BCUT2D eigenvalue weighted by Crippen LogP contribution is -2.58. The number of benzene rings is 1. The van der Waals surface area contributed by atoms with Crippen molar-refractivity contribution < 1.29 is 33.7 Å². The van der Waals surface area contributed by atoms with Crippen LogP contribution in [0.1, 0.15) is 10.4 Å². The van der Waals surface area contributed by atoms with E-state index in [1.165, 1.54) is 0 Å². The Labute approximate surface area is 104 Å². The zero-order chi connectivity index (χ0) is 12.8. The van der Waals surface area contributed by atoms with E-state index in [1.54, 1.807) is 24.3 Å². The molecule has 0 radical (unpaired) electrons. The van der Waals surface area contributed by atoms with Crippen molar-refractivity contribution in [1.82, 2.24) is 0 Å². The van der Waals surface area contributed by atoms with Crippen LogP contribution in [0.25, 0.3) is 0 Å². The molecule has 0 aromatic heterocycles.